The smallest absolute Gasteiger partial charge is 0.322 e. The lowest BCUT2D eigenvalue weighted by Crippen LogP contribution is -2.52. The molecule has 0 radical (unpaired) electrons. The van der Waals surface area contributed by atoms with Gasteiger partial charge in [-0.25, -0.2) is 4.79 Å². The first-order valence-corrected chi connectivity index (χ1v) is 10.9. The van der Waals surface area contributed by atoms with Crippen molar-refractivity contribution in [1.29, 1.82) is 0 Å². The summed E-state index contributed by atoms with van der Waals surface area (Å²) in [7, 11) is 0. The van der Waals surface area contributed by atoms with E-state index in [-0.39, 0.29) is 30.8 Å². The number of carbonyl (C=O) groups excluding carboxylic acids is 2. The summed E-state index contributed by atoms with van der Waals surface area (Å²) in [6, 6.07) is 14.4. The normalized spacial score (nSPS) is 17.3. The van der Waals surface area contributed by atoms with Crippen molar-refractivity contribution in [3.8, 4) is 11.5 Å². The van der Waals surface area contributed by atoms with E-state index in [0.717, 1.165) is 5.69 Å². The second kappa shape index (κ2) is 9.91. The Morgan fingerprint density at radius 2 is 1.91 bits per heavy atom. The monoisotopic (exact) mass is 439 g/mol. The number of urea groups is 1. The number of nitrogens with one attached hydrogen (secondary N) is 1. The number of para-hydroxylation sites is 1. The Bertz CT molecular complexity index is 950. The van der Waals surface area contributed by atoms with E-state index < -0.39 is 0 Å². The van der Waals surface area contributed by atoms with Crippen LogP contribution in [0, 0.1) is 5.92 Å². The molecule has 170 valence electrons. The predicted molar refractivity (Wildman–Crippen MR) is 120 cm³/mol. The molecule has 1 unspecified atom stereocenters. The van der Waals surface area contributed by atoms with Gasteiger partial charge in [-0.2, -0.15) is 0 Å². The molecule has 8 heteroatoms. The number of morpholine rings is 1. The van der Waals surface area contributed by atoms with Crippen LogP contribution in [-0.2, 0) is 4.74 Å². The highest BCUT2D eigenvalue weighted by molar-refractivity contribution is 5.95. The molecule has 0 spiro atoms. The van der Waals surface area contributed by atoms with E-state index in [9.17, 15) is 9.59 Å². The molecule has 2 heterocycles. The number of benzene rings is 2. The van der Waals surface area contributed by atoms with Crippen LogP contribution in [0.25, 0.3) is 0 Å². The molecule has 1 fully saturated rings. The highest BCUT2D eigenvalue weighted by atomic mass is 16.7. The summed E-state index contributed by atoms with van der Waals surface area (Å²) in [6.07, 6.45) is -0.262. The number of hydrogen-bond donors (Lipinski definition) is 1. The van der Waals surface area contributed by atoms with E-state index in [1.165, 1.54) is 0 Å². The van der Waals surface area contributed by atoms with E-state index in [1.807, 2.05) is 30.3 Å². The number of anilines is 1. The summed E-state index contributed by atoms with van der Waals surface area (Å²) in [6.45, 7) is 6.66. The first-order valence-electron chi connectivity index (χ1n) is 10.9. The topological polar surface area (TPSA) is 80.3 Å². The average molecular weight is 440 g/mol. The zero-order valence-electron chi connectivity index (χ0n) is 18.5. The molecular weight excluding hydrogens is 410 g/mol. The van der Waals surface area contributed by atoms with Gasteiger partial charge >= 0.3 is 6.03 Å². The largest absolute Gasteiger partial charge is 0.454 e. The van der Waals surface area contributed by atoms with E-state index >= 15 is 0 Å². The molecule has 2 aromatic carbocycles. The van der Waals surface area contributed by atoms with Gasteiger partial charge in [-0.3, -0.25) is 4.79 Å². The molecule has 4 rings (SSSR count). The van der Waals surface area contributed by atoms with Crippen molar-refractivity contribution in [3.05, 3.63) is 54.1 Å². The van der Waals surface area contributed by atoms with Crippen LogP contribution in [0.15, 0.2) is 48.5 Å². The standard InChI is InChI=1S/C24H29N3O5/c1-17(2)13-27(23(28)18-8-9-21-22(12-18)32-16-31-21)15-20-14-26(10-11-30-20)24(29)25-19-6-4-3-5-7-19/h3-9,12,17,20H,10-11,13-16H2,1-2H3,(H,25,29). The van der Waals surface area contributed by atoms with Gasteiger partial charge in [0.15, 0.2) is 11.5 Å². The van der Waals surface area contributed by atoms with Crippen LogP contribution in [-0.4, -0.2) is 67.4 Å². The summed E-state index contributed by atoms with van der Waals surface area (Å²) in [4.78, 5) is 29.5. The average Bonchev–Trinajstić information content (AvgIpc) is 3.27. The van der Waals surface area contributed by atoms with E-state index in [2.05, 4.69) is 19.2 Å². The third-order valence-electron chi connectivity index (χ3n) is 5.37. The lowest BCUT2D eigenvalue weighted by molar-refractivity contribution is -0.0272. The first kappa shape index (κ1) is 22.0. The Morgan fingerprint density at radius 3 is 2.69 bits per heavy atom. The highest BCUT2D eigenvalue weighted by Gasteiger charge is 2.29. The Hall–Kier alpha value is -3.26. The minimum Gasteiger partial charge on any atom is -0.454 e. The zero-order valence-corrected chi connectivity index (χ0v) is 18.5. The maximum Gasteiger partial charge on any atom is 0.322 e. The number of carbonyl (C=O) groups is 2. The van der Waals surface area contributed by atoms with Gasteiger partial charge in [-0.05, 0) is 36.2 Å². The van der Waals surface area contributed by atoms with Gasteiger partial charge < -0.3 is 29.3 Å². The maximum atomic E-state index is 13.3. The predicted octanol–water partition coefficient (Wildman–Crippen LogP) is 3.45. The van der Waals surface area contributed by atoms with Gasteiger partial charge in [-0.1, -0.05) is 32.0 Å². The van der Waals surface area contributed by atoms with Crippen molar-refractivity contribution in [2.75, 3.05) is 44.9 Å². The molecule has 2 aliphatic heterocycles. The minimum absolute atomic E-state index is 0.0912. The third-order valence-corrected chi connectivity index (χ3v) is 5.37. The maximum absolute atomic E-state index is 13.3. The summed E-state index contributed by atoms with van der Waals surface area (Å²) in [5, 5.41) is 2.92. The summed E-state index contributed by atoms with van der Waals surface area (Å²) in [5.41, 5.74) is 1.30. The van der Waals surface area contributed by atoms with E-state index in [0.29, 0.717) is 49.8 Å². The number of hydrogen-bond acceptors (Lipinski definition) is 5. The van der Waals surface area contributed by atoms with Crippen LogP contribution < -0.4 is 14.8 Å². The number of ether oxygens (including phenoxy) is 3. The number of fused-ring (bicyclic) bond motifs is 1. The lowest BCUT2D eigenvalue weighted by Gasteiger charge is -2.36. The van der Waals surface area contributed by atoms with Crippen LogP contribution >= 0.6 is 0 Å². The molecule has 0 aliphatic carbocycles. The summed E-state index contributed by atoms with van der Waals surface area (Å²) >= 11 is 0. The van der Waals surface area contributed by atoms with Crippen molar-refractivity contribution >= 4 is 17.6 Å². The Balaban J connectivity index is 1.41. The van der Waals surface area contributed by atoms with Crippen molar-refractivity contribution in [3.63, 3.8) is 0 Å². The quantitative estimate of drug-likeness (QED) is 0.746. The molecule has 3 amide bonds. The van der Waals surface area contributed by atoms with Crippen LogP contribution in [0.4, 0.5) is 10.5 Å². The lowest BCUT2D eigenvalue weighted by atomic mass is 10.1. The van der Waals surface area contributed by atoms with Crippen molar-refractivity contribution in [2.45, 2.75) is 20.0 Å². The van der Waals surface area contributed by atoms with Gasteiger partial charge in [0, 0.05) is 30.9 Å². The number of nitrogens with zero attached hydrogens (tertiary/aromatic N) is 2. The second-order valence-corrected chi connectivity index (χ2v) is 8.41. The fraction of sp³-hybridized carbons (Fsp3) is 0.417. The molecule has 2 aliphatic rings. The SMILES string of the molecule is CC(C)CN(CC1CN(C(=O)Nc2ccccc2)CCO1)C(=O)c1ccc2c(c1)OCO2. The molecule has 1 atom stereocenters. The molecule has 0 bridgehead atoms. The molecule has 1 saturated heterocycles. The van der Waals surface area contributed by atoms with Gasteiger partial charge in [0.05, 0.1) is 19.3 Å². The molecule has 0 saturated carbocycles. The third kappa shape index (κ3) is 5.31. The van der Waals surface area contributed by atoms with Gasteiger partial charge in [0.1, 0.15) is 0 Å². The molecule has 32 heavy (non-hydrogen) atoms. The minimum atomic E-state index is -0.262. The highest BCUT2D eigenvalue weighted by Crippen LogP contribution is 2.33. The molecule has 8 nitrogen and oxygen atoms in total. The first-order chi connectivity index (χ1) is 15.5. The summed E-state index contributed by atoms with van der Waals surface area (Å²) < 4.78 is 16.7. The van der Waals surface area contributed by atoms with Crippen molar-refractivity contribution in [2.24, 2.45) is 5.92 Å². The van der Waals surface area contributed by atoms with Crippen molar-refractivity contribution < 1.29 is 23.8 Å². The van der Waals surface area contributed by atoms with E-state index in [1.54, 1.807) is 28.0 Å². The Morgan fingerprint density at radius 1 is 1.12 bits per heavy atom. The molecule has 1 N–H and O–H groups in total. The van der Waals surface area contributed by atoms with Crippen LogP contribution in [0.1, 0.15) is 24.2 Å². The van der Waals surface area contributed by atoms with Crippen LogP contribution in [0.2, 0.25) is 0 Å². The number of amides is 3. The van der Waals surface area contributed by atoms with Crippen LogP contribution in [0.5, 0.6) is 11.5 Å². The fourth-order valence-electron chi connectivity index (χ4n) is 3.88. The van der Waals surface area contributed by atoms with E-state index in [4.69, 9.17) is 14.2 Å². The molecule has 2 aromatic rings. The number of rotatable bonds is 6. The van der Waals surface area contributed by atoms with Crippen molar-refractivity contribution in [1.82, 2.24) is 9.80 Å². The Kier molecular flexibility index (Phi) is 6.80. The van der Waals surface area contributed by atoms with Gasteiger partial charge in [0.25, 0.3) is 5.91 Å². The summed E-state index contributed by atoms with van der Waals surface area (Å²) in [5.74, 6) is 1.42. The van der Waals surface area contributed by atoms with Gasteiger partial charge in [-0.15, -0.1) is 0 Å². The second-order valence-electron chi connectivity index (χ2n) is 8.41. The van der Waals surface area contributed by atoms with Gasteiger partial charge in [0.2, 0.25) is 6.79 Å². The van der Waals surface area contributed by atoms with Crippen LogP contribution in [0.3, 0.4) is 0 Å². The Labute approximate surface area is 188 Å². The fourth-order valence-corrected chi connectivity index (χ4v) is 3.88. The zero-order chi connectivity index (χ0) is 22.5. The molecule has 0 aromatic heterocycles. The molecular formula is C24H29N3O5.